The van der Waals surface area contributed by atoms with Gasteiger partial charge in [0.1, 0.15) is 12.2 Å². The molecule has 1 heterocycles. The fourth-order valence-corrected chi connectivity index (χ4v) is 2.03. The topological polar surface area (TPSA) is 99.1 Å². The van der Waals surface area contributed by atoms with Gasteiger partial charge in [0, 0.05) is 7.05 Å². The van der Waals surface area contributed by atoms with Crippen molar-refractivity contribution in [2.45, 2.75) is 44.1 Å². The summed E-state index contributed by atoms with van der Waals surface area (Å²) in [4.78, 5) is 22.5. The highest BCUT2D eigenvalue weighted by Crippen LogP contribution is 2.37. The summed E-state index contributed by atoms with van der Waals surface area (Å²) >= 11 is 0. The Bertz CT molecular complexity index is 441. The van der Waals surface area contributed by atoms with Crippen molar-refractivity contribution >= 4 is 12.3 Å². The zero-order chi connectivity index (χ0) is 16.4. The summed E-state index contributed by atoms with van der Waals surface area (Å²) in [6, 6.07) is 0. The summed E-state index contributed by atoms with van der Waals surface area (Å²) < 4.78 is 33.1. The number of nitrogens with zero attached hydrogens (tertiary/aromatic N) is 1. The Kier molecular flexibility index (Phi) is 5.37. The molecule has 2 amide bonds. The second kappa shape index (κ2) is 6.46. The minimum atomic E-state index is -2.46. The molecule has 1 aliphatic rings. The average molecular weight is 308 g/mol. The largest absolute Gasteiger partial charge is 0.391 e. The third kappa shape index (κ3) is 3.36. The number of likely N-dealkylation sites (N-methyl/N-ethyl adjacent to an activating group) is 1. The molecule has 0 aromatic rings. The van der Waals surface area contributed by atoms with Crippen LogP contribution in [0.25, 0.3) is 0 Å². The van der Waals surface area contributed by atoms with Crippen LogP contribution in [0, 0.1) is 0 Å². The van der Waals surface area contributed by atoms with E-state index in [1.807, 2.05) is 5.32 Å². The Hall–Kier alpha value is -1.58. The third-order valence-electron chi connectivity index (χ3n) is 3.23. The number of nitrogens with one attached hydrogen (secondary N) is 1. The molecule has 0 aromatic heterocycles. The maximum atomic E-state index is 14.5. The van der Waals surface area contributed by atoms with Gasteiger partial charge in [-0.15, -0.1) is 0 Å². The smallest absolute Gasteiger partial charge is 0.281 e. The molecule has 0 bridgehead atoms. The molecule has 5 unspecified atom stereocenters. The van der Waals surface area contributed by atoms with E-state index in [4.69, 9.17) is 4.74 Å². The van der Waals surface area contributed by atoms with Crippen LogP contribution in [0.4, 0.5) is 8.78 Å². The number of hydrogen-bond acceptors (Lipinski definition) is 5. The summed E-state index contributed by atoms with van der Waals surface area (Å²) in [6.45, 7) is 2.23. The molecule has 120 valence electrons. The lowest BCUT2D eigenvalue weighted by atomic mass is 9.96. The molecule has 7 nitrogen and oxygen atoms in total. The third-order valence-corrected chi connectivity index (χ3v) is 3.23. The Morgan fingerprint density at radius 2 is 2.14 bits per heavy atom. The van der Waals surface area contributed by atoms with Gasteiger partial charge in [-0.3, -0.25) is 14.5 Å². The number of carbonyl (C=O) groups is 2. The van der Waals surface area contributed by atoms with Gasteiger partial charge in [0.15, 0.2) is 11.9 Å². The number of rotatable bonds is 5. The number of alkyl halides is 1. The van der Waals surface area contributed by atoms with Crippen molar-refractivity contribution in [1.29, 1.82) is 0 Å². The lowest BCUT2D eigenvalue weighted by molar-refractivity contribution is -0.138. The van der Waals surface area contributed by atoms with Crippen molar-refractivity contribution in [3.63, 3.8) is 0 Å². The van der Waals surface area contributed by atoms with Gasteiger partial charge in [0.05, 0.1) is 12.3 Å². The number of halogens is 2. The van der Waals surface area contributed by atoms with Gasteiger partial charge >= 0.3 is 0 Å². The molecule has 5 atom stereocenters. The van der Waals surface area contributed by atoms with E-state index in [0.717, 1.165) is 6.92 Å². The second-order valence-electron chi connectivity index (χ2n) is 4.90. The molecule has 1 saturated heterocycles. The molecule has 0 aromatic carbocycles. The number of aliphatic hydroxyl groups excluding tert-OH is 2. The van der Waals surface area contributed by atoms with E-state index < -0.39 is 41.9 Å². The van der Waals surface area contributed by atoms with Crippen molar-refractivity contribution < 1.29 is 33.3 Å². The monoisotopic (exact) mass is 308 g/mol. The zero-order valence-electron chi connectivity index (χ0n) is 11.8. The predicted octanol–water partition coefficient (Wildman–Crippen LogP) is -0.803. The minimum Gasteiger partial charge on any atom is -0.391 e. The Labute approximate surface area is 120 Å². The van der Waals surface area contributed by atoms with Crippen molar-refractivity contribution in [2.75, 3.05) is 7.05 Å². The van der Waals surface area contributed by atoms with Crippen LogP contribution in [0.3, 0.4) is 0 Å². The molecule has 9 heteroatoms. The molecule has 1 fully saturated rings. The predicted molar refractivity (Wildman–Crippen MR) is 67.0 cm³/mol. The Morgan fingerprint density at radius 3 is 2.52 bits per heavy atom. The molecule has 1 aliphatic heterocycles. The molecule has 3 N–H and O–H groups in total. The molecular formula is C12H18F2N2O5. The van der Waals surface area contributed by atoms with E-state index in [2.05, 4.69) is 0 Å². The molecule has 0 radical (unpaired) electrons. The van der Waals surface area contributed by atoms with E-state index in [9.17, 15) is 28.6 Å². The minimum absolute atomic E-state index is 0.0577. The van der Waals surface area contributed by atoms with Crippen LogP contribution >= 0.6 is 0 Å². The summed E-state index contributed by atoms with van der Waals surface area (Å²) in [6.07, 6.45) is -5.38. The fraction of sp³-hybridized carbons (Fsp3) is 0.667. The number of carbonyl (C=O) groups excluding carboxylic acids is 2. The average Bonchev–Trinajstić information content (AvgIpc) is 2.66. The highest BCUT2D eigenvalue weighted by atomic mass is 19.1. The van der Waals surface area contributed by atoms with Crippen LogP contribution in [0.15, 0.2) is 12.0 Å². The summed E-state index contributed by atoms with van der Waals surface area (Å²) in [7, 11) is 1.18. The van der Waals surface area contributed by atoms with Crippen LogP contribution in [-0.4, -0.2) is 64.7 Å². The number of aliphatic hydroxyl groups is 2. The first-order chi connectivity index (χ1) is 9.66. The first-order valence-electron chi connectivity index (χ1n) is 6.19. The van der Waals surface area contributed by atoms with Gasteiger partial charge in [0.25, 0.3) is 5.91 Å². The fourth-order valence-electron chi connectivity index (χ4n) is 2.03. The van der Waals surface area contributed by atoms with Crippen LogP contribution in [0.5, 0.6) is 0 Å². The lowest BCUT2D eigenvalue weighted by Gasteiger charge is -2.29. The first kappa shape index (κ1) is 17.5. The molecule has 1 rings (SSSR count). The van der Waals surface area contributed by atoms with Gasteiger partial charge in [0.2, 0.25) is 12.2 Å². The van der Waals surface area contributed by atoms with E-state index in [1.165, 1.54) is 14.0 Å². The van der Waals surface area contributed by atoms with Gasteiger partial charge in [-0.25, -0.2) is 4.39 Å². The van der Waals surface area contributed by atoms with E-state index in [1.54, 1.807) is 0 Å². The van der Waals surface area contributed by atoms with Crippen molar-refractivity contribution in [2.24, 2.45) is 0 Å². The van der Waals surface area contributed by atoms with E-state index in [-0.39, 0.29) is 6.41 Å². The number of amides is 2. The number of ether oxygens (including phenoxy) is 1. The summed E-state index contributed by atoms with van der Waals surface area (Å²) in [5.41, 5.74) is -2.46. The highest BCUT2D eigenvalue weighted by Gasteiger charge is 2.57. The van der Waals surface area contributed by atoms with Gasteiger partial charge in [-0.05, 0) is 13.8 Å². The molecule has 0 saturated carbocycles. The molecule has 0 aliphatic carbocycles. The van der Waals surface area contributed by atoms with Gasteiger partial charge in [-0.2, -0.15) is 4.39 Å². The quantitative estimate of drug-likeness (QED) is 0.456. The highest BCUT2D eigenvalue weighted by molar-refractivity contribution is 5.91. The maximum Gasteiger partial charge on any atom is 0.281 e. The van der Waals surface area contributed by atoms with Crippen LogP contribution in [0.1, 0.15) is 13.8 Å². The van der Waals surface area contributed by atoms with Crippen LogP contribution in [0.2, 0.25) is 0 Å². The van der Waals surface area contributed by atoms with E-state index in [0.29, 0.717) is 11.1 Å². The standard InChI is InChI=1S/C12H18F2N2O5/c1-6(18)8-9(19)12(2,14)11(21-8)16(5-17)4-7(13)10(20)15-3/h4-6,8-9,11,18-19H,1-3H3,(H,15,20)/b7-4+. The Morgan fingerprint density at radius 1 is 1.57 bits per heavy atom. The van der Waals surface area contributed by atoms with Crippen molar-refractivity contribution in [3.05, 3.63) is 12.0 Å². The summed E-state index contributed by atoms with van der Waals surface area (Å²) in [5, 5.41) is 21.2. The molecule has 0 spiro atoms. The van der Waals surface area contributed by atoms with Crippen molar-refractivity contribution in [1.82, 2.24) is 10.2 Å². The van der Waals surface area contributed by atoms with Crippen LogP contribution < -0.4 is 5.32 Å². The lowest BCUT2D eigenvalue weighted by Crippen LogP contribution is -2.48. The van der Waals surface area contributed by atoms with E-state index >= 15 is 0 Å². The number of hydrogen-bond donors (Lipinski definition) is 3. The Balaban J connectivity index is 3.06. The second-order valence-corrected chi connectivity index (χ2v) is 4.90. The summed E-state index contributed by atoms with van der Waals surface area (Å²) in [5.74, 6) is -2.44. The molecule has 21 heavy (non-hydrogen) atoms. The maximum absolute atomic E-state index is 14.5. The zero-order valence-corrected chi connectivity index (χ0v) is 11.8. The van der Waals surface area contributed by atoms with Crippen molar-refractivity contribution in [3.8, 4) is 0 Å². The van der Waals surface area contributed by atoms with Gasteiger partial charge in [-0.1, -0.05) is 0 Å². The van der Waals surface area contributed by atoms with Crippen LogP contribution in [-0.2, 0) is 14.3 Å². The molecular weight excluding hydrogens is 290 g/mol. The normalized spacial score (nSPS) is 34.4. The SMILES string of the molecule is CNC(=O)/C(F)=C\N(C=O)C1OC(C(C)O)C(O)C1(C)F. The first-order valence-corrected chi connectivity index (χ1v) is 6.19. The van der Waals surface area contributed by atoms with Gasteiger partial charge < -0.3 is 20.3 Å².